The fraction of sp³-hybridized carbons (Fsp3) is 0.500. The first-order valence-corrected chi connectivity index (χ1v) is 6.31. The summed E-state index contributed by atoms with van der Waals surface area (Å²) < 4.78 is 0. The van der Waals surface area contributed by atoms with Crippen molar-refractivity contribution in [1.82, 2.24) is 0 Å². The molecule has 0 aliphatic rings. The Morgan fingerprint density at radius 1 is 1.43 bits per heavy atom. The molecule has 78 valence electrons. The third-order valence-electron chi connectivity index (χ3n) is 2.45. The molecule has 1 aromatic carbocycles. The van der Waals surface area contributed by atoms with Gasteiger partial charge in [0.1, 0.15) is 0 Å². The van der Waals surface area contributed by atoms with Gasteiger partial charge in [-0.2, -0.15) is 0 Å². The zero-order valence-electron chi connectivity index (χ0n) is 8.63. The van der Waals surface area contributed by atoms with E-state index in [0.29, 0.717) is 10.7 Å². The van der Waals surface area contributed by atoms with Crippen molar-refractivity contribution in [3.63, 3.8) is 0 Å². The summed E-state index contributed by atoms with van der Waals surface area (Å²) in [4.78, 5) is 0.599. The van der Waals surface area contributed by atoms with E-state index in [1.54, 1.807) is 0 Å². The SMILES string of the molecule is CCC(Br)C(C)Cc1cccc(Cl)c1. The van der Waals surface area contributed by atoms with Gasteiger partial charge in [-0.25, -0.2) is 0 Å². The maximum Gasteiger partial charge on any atom is 0.0408 e. The second kappa shape index (κ2) is 5.77. The summed E-state index contributed by atoms with van der Waals surface area (Å²) in [6.07, 6.45) is 2.26. The van der Waals surface area contributed by atoms with Crippen molar-refractivity contribution in [3.8, 4) is 0 Å². The van der Waals surface area contributed by atoms with Gasteiger partial charge in [0.05, 0.1) is 0 Å². The minimum Gasteiger partial charge on any atom is -0.0888 e. The molecule has 2 unspecified atom stereocenters. The zero-order valence-corrected chi connectivity index (χ0v) is 11.0. The second-order valence-corrected chi connectivity index (χ2v) is 5.35. The fourth-order valence-corrected chi connectivity index (χ4v) is 1.97. The summed E-state index contributed by atoms with van der Waals surface area (Å²) in [5, 5.41) is 0.831. The highest BCUT2D eigenvalue weighted by molar-refractivity contribution is 9.09. The number of rotatable bonds is 4. The van der Waals surface area contributed by atoms with Crippen LogP contribution in [-0.2, 0) is 6.42 Å². The van der Waals surface area contributed by atoms with Crippen LogP contribution in [-0.4, -0.2) is 4.83 Å². The average Bonchev–Trinajstić information content (AvgIpc) is 2.16. The topological polar surface area (TPSA) is 0 Å². The van der Waals surface area contributed by atoms with Crippen LogP contribution in [0.5, 0.6) is 0 Å². The van der Waals surface area contributed by atoms with Crippen molar-refractivity contribution in [2.45, 2.75) is 31.5 Å². The first-order chi connectivity index (χ1) is 6.63. The number of hydrogen-bond acceptors (Lipinski definition) is 0. The van der Waals surface area contributed by atoms with Gasteiger partial charge in [-0.3, -0.25) is 0 Å². The van der Waals surface area contributed by atoms with Crippen LogP contribution in [0.2, 0.25) is 5.02 Å². The smallest absolute Gasteiger partial charge is 0.0408 e. The monoisotopic (exact) mass is 274 g/mol. The first kappa shape index (κ1) is 12.1. The molecule has 1 rings (SSSR count). The lowest BCUT2D eigenvalue weighted by molar-refractivity contribution is 0.545. The summed E-state index contributed by atoms with van der Waals surface area (Å²) in [7, 11) is 0. The third kappa shape index (κ3) is 3.62. The fourth-order valence-electron chi connectivity index (χ4n) is 1.57. The Bertz CT molecular complexity index is 285. The molecule has 0 bridgehead atoms. The Kier molecular flexibility index (Phi) is 4.97. The zero-order chi connectivity index (χ0) is 10.6. The number of benzene rings is 1. The maximum absolute atomic E-state index is 5.93. The molecule has 0 radical (unpaired) electrons. The van der Waals surface area contributed by atoms with Gasteiger partial charge in [-0.1, -0.05) is 53.5 Å². The first-order valence-electron chi connectivity index (χ1n) is 5.02. The van der Waals surface area contributed by atoms with Gasteiger partial charge in [0, 0.05) is 9.85 Å². The highest BCUT2D eigenvalue weighted by Crippen LogP contribution is 2.21. The molecule has 0 aromatic heterocycles. The molecule has 0 saturated carbocycles. The largest absolute Gasteiger partial charge is 0.0888 e. The van der Waals surface area contributed by atoms with Gasteiger partial charge in [-0.05, 0) is 36.5 Å². The van der Waals surface area contributed by atoms with E-state index in [0.717, 1.165) is 11.4 Å². The maximum atomic E-state index is 5.93. The molecule has 0 heterocycles. The van der Waals surface area contributed by atoms with Crippen molar-refractivity contribution in [1.29, 1.82) is 0 Å². The molecule has 0 aliphatic heterocycles. The minimum absolute atomic E-state index is 0.599. The standard InChI is InChI=1S/C12H16BrCl/c1-3-12(13)9(2)7-10-5-4-6-11(14)8-10/h4-6,8-9,12H,3,7H2,1-2H3. The Morgan fingerprint density at radius 3 is 2.71 bits per heavy atom. The van der Waals surface area contributed by atoms with Gasteiger partial charge in [0.15, 0.2) is 0 Å². The summed E-state index contributed by atoms with van der Waals surface area (Å²) in [5.41, 5.74) is 1.32. The highest BCUT2D eigenvalue weighted by atomic mass is 79.9. The van der Waals surface area contributed by atoms with E-state index in [1.165, 1.54) is 12.0 Å². The van der Waals surface area contributed by atoms with Gasteiger partial charge in [0.2, 0.25) is 0 Å². The Hall–Kier alpha value is -0.0100. The van der Waals surface area contributed by atoms with Crippen LogP contribution in [0.4, 0.5) is 0 Å². The van der Waals surface area contributed by atoms with Crippen LogP contribution in [0.25, 0.3) is 0 Å². The average molecular weight is 276 g/mol. The Balaban J connectivity index is 2.60. The predicted molar refractivity (Wildman–Crippen MR) is 67.3 cm³/mol. The van der Waals surface area contributed by atoms with E-state index in [-0.39, 0.29) is 0 Å². The highest BCUT2D eigenvalue weighted by Gasteiger charge is 2.12. The third-order valence-corrected chi connectivity index (χ3v) is 4.24. The lowest BCUT2D eigenvalue weighted by Gasteiger charge is -2.16. The van der Waals surface area contributed by atoms with Crippen LogP contribution >= 0.6 is 27.5 Å². The Labute approximate surface area is 99.8 Å². The van der Waals surface area contributed by atoms with E-state index in [2.05, 4.69) is 35.8 Å². The molecule has 1 aromatic rings. The summed E-state index contributed by atoms with van der Waals surface area (Å²) in [6.45, 7) is 4.47. The van der Waals surface area contributed by atoms with Crippen molar-refractivity contribution < 1.29 is 0 Å². The van der Waals surface area contributed by atoms with E-state index in [1.807, 2.05) is 18.2 Å². The summed E-state index contributed by atoms with van der Waals surface area (Å²) in [6, 6.07) is 8.12. The molecular weight excluding hydrogens is 259 g/mol. The second-order valence-electron chi connectivity index (χ2n) is 3.74. The normalized spacial score (nSPS) is 15.1. The van der Waals surface area contributed by atoms with E-state index < -0.39 is 0 Å². The molecule has 0 N–H and O–H groups in total. The van der Waals surface area contributed by atoms with E-state index in [4.69, 9.17) is 11.6 Å². The molecule has 2 heteroatoms. The van der Waals surface area contributed by atoms with Gasteiger partial charge < -0.3 is 0 Å². The minimum atomic E-state index is 0.599. The number of alkyl halides is 1. The van der Waals surface area contributed by atoms with Crippen molar-refractivity contribution >= 4 is 27.5 Å². The molecule has 2 atom stereocenters. The predicted octanol–water partition coefficient (Wildman–Crippen LogP) is 4.69. The van der Waals surface area contributed by atoms with Crippen LogP contribution in [0.1, 0.15) is 25.8 Å². The van der Waals surface area contributed by atoms with E-state index >= 15 is 0 Å². The van der Waals surface area contributed by atoms with Crippen LogP contribution in [0.15, 0.2) is 24.3 Å². The number of halogens is 2. The molecule has 0 amide bonds. The number of hydrogen-bond donors (Lipinski definition) is 0. The summed E-state index contributed by atoms with van der Waals surface area (Å²) >= 11 is 9.62. The van der Waals surface area contributed by atoms with Gasteiger partial charge in [-0.15, -0.1) is 0 Å². The molecule has 0 saturated heterocycles. The van der Waals surface area contributed by atoms with Crippen molar-refractivity contribution in [3.05, 3.63) is 34.9 Å². The van der Waals surface area contributed by atoms with Gasteiger partial charge in [0.25, 0.3) is 0 Å². The van der Waals surface area contributed by atoms with E-state index in [9.17, 15) is 0 Å². The van der Waals surface area contributed by atoms with Crippen molar-refractivity contribution in [2.75, 3.05) is 0 Å². The molecule has 0 nitrogen and oxygen atoms in total. The molecule has 0 aliphatic carbocycles. The molecule has 0 spiro atoms. The Morgan fingerprint density at radius 2 is 2.14 bits per heavy atom. The molecule has 14 heavy (non-hydrogen) atoms. The quantitative estimate of drug-likeness (QED) is 0.699. The lowest BCUT2D eigenvalue weighted by atomic mass is 9.97. The van der Waals surface area contributed by atoms with Crippen LogP contribution < -0.4 is 0 Å². The van der Waals surface area contributed by atoms with Crippen LogP contribution in [0, 0.1) is 5.92 Å². The van der Waals surface area contributed by atoms with Gasteiger partial charge >= 0.3 is 0 Å². The van der Waals surface area contributed by atoms with Crippen molar-refractivity contribution in [2.24, 2.45) is 5.92 Å². The summed E-state index contributed by atoms with van der Waals surface area (Å²) in [5.74, 6) is 0.651. The molecule has 0 fully saturated rings. The van der Waals surface area contributed by atoms with Crippen LogP contribution in [0.3, 0.4) is 0 Å². The molecular formula is C12H16BrCl. The lowest BCUT2D eigenvalue weighted by Crippen LogP contribution is -2.12.